The van der Waals surface area contributed by atoms with Crippen LogP contribution in [-0.2, 0) is 19.2 Å². The van der Waals surface area contributed by atoms with Gasteiger partial charge in [0.15, 0.2) is 9.93 Å². The second-order valence-electron chi connectivity index (χ2n) is 5.76. The fraction of sp³-hybridized carbons (Fsp3) is 0.100. The number of aromatic nitrogens is 4. The number of H-pyrrole nitrogens is 3. The number of benzene rings is 2. The van der Waals surface area contributed by atoms with E-state index < -0.39 is 10.1 Å². The van der Waals surface area contributed by atoms with E-state index in [2.05, 4.69) is 35.9 Å². The number of carbonyl (C=O) groups excluding carboxylic acids is 4. The average molecular weight is 521 g/mol. The molecule has 0 aliphatic carbocycles. The number of aromatic amines is 3. The quantitative estimate of drug-likeness (QED) is 0.116. The van der Waals surface area contributed by atoms with E-state index in [0.29, 0.717) is 35.1 Å². The summed E-state index contributed by atoms with van der Waals surface area (Å²) in [5.74, 6) is 0. The smallest absolute Gasteiger partial charge is 0.175 e. The van der Waals surface area contributed by atoms with Gasteiger partial charge in [0.1, 0.15) is 35.2 Å². The molecule has 0 radical (unpaired) electrons. The molecule has 0 atom stereocenters. The van der Waals surface area contributed by atoms with Gasteiger partial charge >= 0.3 is 0 Å². The lowest BCUT2D eigenvalue weighted by Gasteiger charge is -1.96. The zero-order valence-corrected chi connectivity index (χ0v) is 19.1. The fourth-order valence-electron chi connectivity index (χ4n) is 2.21. The van der Waals surface area contributed by atoms with Crippen LogP contribution in [0.3, 0.4) is 0 Å². The van der Waals surface area contributed by atoms with Gasteiger partial charge < -0.3 is 34.1 Å². The number of halogens is 1. The highest BCUT2D eigenvalue weighted by atomic mass is 79.9. The molecule has 0 spiro atoms. The van der Waals surface area contributed by atoms with Crippen molar-refractivity contribution in [2.75, 3.05) is 0 Å². The van der Waals surface area contributed by atoms with Gasteiger partial charge in [-0.3, -0.25) is 0 Å². The van der Waals surface area contributed by atoms with Crippen LogP contribution in [-0.4, -0.2) is 55.2 Å². The van der Waals surface area contributed by atoms with Gasteiger partial charge in [-0.25, -0.2) is 4.98 Å². The first-order valence-electron chi connectivity index (χ1n) is 8.74. The van der Waals surface area contributed by atoms with Gasteiger partial charge in [0, 0.05) is 0 Å². The Hall–Kier alpha value is -2.89. The summed E-state index contributed by atoms with van der Waals surface area (Å²) in [5, 5.41) is -0.106. The number of carbonyl (C=O) groups is 4. The van der Waals surface area contributed by atoms with Crippen molar-refractivity contribution in [3.8, 4) is 0 Å². The van der Waals surface area contributed by atoms with E-state index in [1.54, 1.807) is 0 Å². The Labute approximate surface area is 194 Å². The Morgan fingerprint density at radius 2 is 1.32 bits per heavy atom. The molecule has 0 saturated carbocycles. The number of hydrogen-bond acceptors (Lipinski definition) is 7. The van der Waals surface area contributed by atoms with Crippen LogP contribution in [0.4, 0.5) is 0 Å². The SMILES string of the molecule is O=CC(Br)C=O.O=CC(C=O)Sc1nc2ccccc2[nH]1.S=c1[nH]c2ccccc2[nH]1. The number of fused-ring (bicyclic) bond motifs is 2. The predicted octanol–water partition coefficient (Wildman–Crippen LogP) is 3.79. The molecule has 3 N–H and O–H groups in total. The summed E-state index contributed by atoms with van der Waals surface area (Å²) in [6, 6.07) is 15.5. The minimum Gasteiger partial charge on any atom is -0.333 e. The molecule has 11 heteroatoms. The van der Waals surface area contributed by atoms with Crippen LogP contribution >= 0.6 is 39.9 Å². The van der Waals surface area contributed by atoms with Gasteiger partial charge in [-0.1, -0.05) is 52.0 Å². The Morgan fingerprint density at radius 3 is 1.77 bits per heavy atom. The summed E-state index contributed by atoms with van der Waals surface area (Å²) in [7, 11) is 0. The standard InChI is InChI=1S/C10H8N2O2S.C7H6N2S.C3H3BrO2/c13-5-7(6-14)15-10-11-8-3-1-2-4-9(8)12-10;10-7-8-5-3-1-2-4-6(5)9-7;4-3(1-5)2-6/h1-7H,(H,11,12);1-4H,(H2,8,9,10);1-3H. The number of alkyl halides is 1. The topological polar surface area (TPSA) is 129 Å². The van der Waals surface area contributed by atoms with E-state index in [9.17, 15) is 19.2 Å². The van der Waals surface area contributed by atoms with Crippen LogP contribution in [0.25, 0.3) is 22.1 Å². The minimum absolute atomic E-state index is 0.521. The molecule has 4 aromatic rings. The average Bonchev–Trinajstić information content (AvgIpc) is 3.39. The molecule has 8 nitrogen and oxygen atoms in total. The summed E-state index contributed by atoms with van der Waals surface area (Å²) in [6.45, 7) is 0. The second kappa shape index (κ2) is 12.7. The molecular formula is C20H17BrN4O4S2. The molecule has 0 bridgehead atoms. The van der Waals surface area contributed by atoms with Gasteiger partial charge in [-0.05, 0) is 36.5 Å². The third-order valence-corrected chi connectivity index (χ3v) is 5.11. The number of rotatable bonds is 6. The van der Waals surface area contributed by atoms with Crippen LogP contribution < -0.4 is 0 Å². The predicted molar refractivity (Wildman–Crippen MR) is 126 cm³/mol. The van der Waals surface area contributed by atoms with Crippen molar-refractivity contribution >= 4 is 87.1 Å². The van der Waals surface area contributed by atoms with E-state index in [1.807, 2.05) is 48.5 Å². The summed E-state index contributed by atoms with van der Waals surface area (Å²) in [5.41, 5.74) is 3.85. The molecule has 0 amide bonds. The van der Waals surface area contributed by atoms with Crippen molar-refractivity contribution in [1.29, 1.82) is 0 Å². The minimum atomic E-state index is -0.689. The number of aldehydes is 4. The molecule has 0 unspecified atom stereocenters. The summed E-state index contributed by atoms with van der Waals surface area (Å²) >= 11 is 8.75. The van der Waals surface area contributed by atoms with E-state index in [0.717, 1.165) is 33.8 Å². The molecule has 4 rings (SSSR count). The lowest BCUT2D eigenvalue weighted by Crippen LogP contribution is -2.05. The maximum Gasteiger partial charge on any atom is 0.175 e. The summed E-state index contributed by atoms with van der Waals surface area (Å²) in [6.07, 6.45) is 2.25. The van der Waals surface area contributed by atoms with Crippen LogP contribution in [0, 0.1) is 4.77 Å². The highest BCUT2D eigenvalue weighted by Crippen LogP contribution is 2.21. The van der Waals surface area contributed by atoms with Crippen molar-refractivity contribution in [2.45, 2.75) is 15.2 Å². The number of imidazole rings is 2. The van der Waals surface area contributed by atoms with Crippen molar-refractivity contribution < 1.29 is 19.2 Å². The van der Waals surface area contributed by atoms with Gasteiger partial charge in [-0.15, -0.1) is 0 Å². The Bertz CT molecular complexity index is 1140. The van der Waals surface area contributed by atoms with Crippen LogP contribution in [0.2, 0.25) is 0 Å². The summed E-state index contributed by atoms with van der Waals surface area (Å²) in [4.78, 5) is 52.5. The van der Waals surface area contributed by atoms with E-state index in [-0.39, 0.29) is 0 Å². The lowest BCUT2D eigenvalue weighted by atomic mass is 10.3. The number of nitrogens with zero attached hydrogens (tertiary/aromatic N) is 1. The van der Waals surface area contributed by atoms with Gasteiger partial charge in [-0.2, -0.15) is 0 Å². The third-order valence-electron chi connectivity index (χ3n) is 3.57. The molecule has 2 aromatic heterocycles. The highest BCUT2D eigenvalue weighted by Gasteiger charge is 2.10. The molecular weight excluding hydrogens is 504 g/mol. The lowest BCUT2D eigenvalue weighted by molar-refractivity contribution is -0.115. The summed E-state index contributed by atoms with van der Waals surface area (Å²) < 4.78 is 0.682. The third kappa shape index (κ3) is 7.70. The van der Waals surface area contributed by atoms with Gasteiger partial charge in [0.25, 0.3) is 0 Å². The Balaban J connectivity index is 0.000000184. The molecule has 0 fully saturated rings. The first-order chi connectivity index (χ1) is 15.0. The number of thioether (sulfide) groups is 1. The van der Waals surface area contributed by atoms with E-state index in [4.69, 9.17) is 12.2 Å². The van der Waals surface area contributed by atoms with Crippen molar-refractivity contribution in [3.63, 3.8) is 0 Å². The van der Waals surface area contributed by atoms with Gasteiger partial charge in [0.2, 0.25) is 0 Å². The first kappa shape index (κ1) is 24.4. The maximum atomic E-state index is 10.5. The first-order valence-corrected chi connectivity index (χ1v) is 10.9. The zero-order valence-electron chi connectivity index (χ0n) is 15.9. The molecule has 31 heavy (non-hydrogen) atoms. The maximum absolute atomic E-state index is 10.5. The molecule has 2 aromatic carbocycles. The molecule has 160 valence electrons. The Kier molecular flexibility index (Phi) is 10.0. The van der Waals surface area contributed by atoms with E-state index >= 15 is 0 Å². The normalized spacial score (nSPS) is 10.2. The number of para-hydroxylation sites is 4. The number of hydrogen-bond donors (Lipinski definition) is 3. The van der Waals surface area contributed by atoms with Crippen LogP contribution in [0.15, 0.2) is 53.7 Å². The van der Waals surface area contributed by atoms with E-state index in [1.165, 1.54) is 0 Å². The zero-order chi connectivity index (χ0) is 22.6. The van der Waals surface area contributed by atoms with Crippen molar-refractivity contribution in [3.05, 3.63) is 53.3 Å². The molecule has 2 heterocycles. The molecule has 0 aliphatic heterocycles. The highest BCUT2D eigenvalue weighted by molar-refractivity contribution is 9.10. The fourth-order valence-corrected chi connectivity index (χ4v) is 3.12. The monoisotopic (exact) mass is 520 g/mol. The Morgan fingerprint density at radius 1 is 0.806 bits per heavy atom. The van der Waals surface area contributed by atoms with Crippen molar-refractivity contribution in [1.82, 2.24) is 19.9 Å². The number of nitrogens with one attached hydrogen (secondary N) is 3. The van der Waals surface area contributed by atoms with Crippen molar-refractivity contribution in [2.24, 2.45) is 0 Å². The van der Waals surface area contributed by atoms with Crippen LogP contribution in [0.5, 0.6) is 0 Å². The van der Waals surface area contributed by atoms with Gasteiger partial charge in [0.05, 0.1) is 22.1 Å². The largest absolute Gasteiger partial charge is 0.333 e. The second-order valence-corrected chi connectivity index (χ2v) is 8.39. The molecule has 0 saturated heterocycles. The van der Waals surface area contributed by atoms with Crippen LogP contribution in [0.1, 0.15) is 0 Å². The molecule has 0 aliphatic rings.